The van der Waals surface area contributed by atoms with Crippen LogP contribution in [0.25, 0.3) is 0 Å². The van der Waals surface area contributed by atoms with Gasteiger partial charge in [0.25, 0.3) is 0 Å². The van der Waals surface area contributed by atoms with Gasteiger partial charge in [-0.2, -0.15) is 11.8 Å². The molecule has 1 aromatic rings. The molecule has 0 saturated carbocycles. The summed E-state index contributed by atoms with van der Waals surface area (Å²) in [7, 11) is 3.31. The topological polar surface area (TPSA) is 30.5 Å². The van der Waals surface area contributed by atoms with Crippen LogP contribution in [-0.2, 0) is 6.54 Å². The Hall–Kier alpha value is -0.390. The van der Waals surface area contributed by atoms with Crippen LogP contribution in [0.3, 0.4) is 0 Å². The Morgan fingerprint density at radius 3 is 2.67 bits per heavy atom. The van der Waals surface area contributed by atoms with Crippen molar-refractivity contribution >= 4 is 27.7 Å². The van der Waals surface area contributed by atoms with E-state index in [1.807, 2.05) is 23.9 Å². The fourth-order valence-electron chi connectivity index (χ4n) is 1.98. The largest absolute Gasteiger partial charge is 0.493 e. The molecule has 18 heavy (non-hydrogen) atoms. The normalized spacial score (nSPS) is 18.9. The van der Waals surface area contributed by atoms with E-state index in [1.54, 1.807) is 14.2 Å². The second-order valence-corrected chi connectivity index (χ2v) is 6.24. The van der Waals surface area contributed by atoms with Crippen molar-refractivity contribution in [3.8, 4) is 11.5 Å². The summed E-state index contributed by atoms with van der Waals surface area (Å²) in [5, 5.41) is 3.58. The lowest BCUT2D eigenvalue weighted by Gasteiger charge is -2.15. The standard InChI is InChI=1S/C13H18BrNO2S/c1-16-12-5-9(11(14)6-13(12)17-2)7-15-10-3-4-18-8-10/h5-6,10,15H,3-4,7-8H2,1-2H3. The average Bonchev–Trinajstić information content (AvgIpc) is 2.90. The van der Waals surface area contributed by atoms with E-state index in [9.17, 15) is 0 Å². The van der Waals surface area contributed by atoms with Gasteiger partial charge >= 0.3 is 0 Å². The molecule has 2 rings (SSSR count). The van der Waals surface area contributed by atoms with Crippen LogP contribution in [0.5, 0.6) is 11.5 Å². The maximum atomic E-state index is 5.33. The number of halogens is 1. The maximum absolute atomic E-state index is 5.33. The summed E-state index contributed by atoms with van der Waals surface area (Å²) in [6.07, 6.45) is 1.26. The van der Waals surface area contributed by atoms with Crippen molar-refractivity contribution in [2.24, 2.45) is 0 Å². The highest BCUT2D eigenvalue weighted by molar-refractivity contribution is 9.10. The Kier molecular flexibility index (Phi) is 5.21. The summed E-state index contributed by atoms with van der Waals surface area (Å²) in [5.41, 5.74) is 1.20. The Bertz CT molecular complexity index is 408. The van der Waals surface area contributed by atoms with Gasteiger partial charge in [0.1, 0.15) is 0 Å². The summed E-state index contributed by atoms with van der Waals surface area (Å²) >= 11 is 5.60. The van der Waals surface area contributed by atoms with E-state index in [2.05, 4.69) is 21.2 Å². The van der Waals surface area contributed by atoms with E-state index < -0.39 is 0 Å². The number of methoxy groups -OCH3 is 2. The summed E-state index contributed by atoms with van der Waals surface area (Å²) in [4.78, 5) is 0. The first-order valence-corrected chi connectivity index (χ1v) is 7.91. The first-order chi connectivity index (χ1) is 8.74. The van der Waals surface area contributed by atoms with E-state index in [0.717, 1.165) is 22.5 Å². The third-order valence-electron chi connectivity index (χ3n) is 3.06. The Labute approximate surface area is 121 Å². The quantitative estimate of drug-likeness (QED) is 0.898. The van der Waals surface area contributed by atoms with E-state index in [1.165, 1.54) is 23.5 Å². The van der Waals surface area contributed by atoms with Gasteiger partial charge in [-0.05, 0) is 29.9 Å². The number of hydrogen-bond donors (Lipinski definition) is 1. The lowest BCUT2D eigenvalue weighted by molar-refractivity contribution is 0.354. The van der Waals surface area contributed by atoms with Gasteiger partial charge in [-0.3, -0.25) is 0 Å². The number of benzene rings is 1. The van der Waals surface area contributed by atoms with Crippen LogP contribution in [0, 0.1) is 0 Å². The number of ether oxygens (including phenoxy) is 2. The van der Waals surface area contributed by atoms with E-state index >= 15 is 0 Å². The van der Waals surface area contributed by atoms with Crippen LogP contribution in [0.2, 0.25) is 0 Å². The van der Waals surface area contributed by atoms with Gasteiger partial charge in [-0.15, -0.1) is 0 Å². The average molecular weight is 332 g/mol. The highest BCUT2D eigenvalue weighted by Gasteiger charge is 2.16. The van der Waals surface area contributed by atoms with Gasteiger partial charge in [0, 0.05) is 22.8 Å². The third-order valence-corrected chi connectivity index (χ3v) is 4.96. The second kappa shape index (κ2) is 6.68. The molecule has 3 nitrogen and oxygen atoms in total. The molecule has 1 heterocycles. The highest BCUT2D eigenvalue weighted by atomic mass is 79.9. The number of nitrogens with one attached hydrogen (secondary N) is 1. The van der Waals surface area contributed by atoms with Crippen LogP contribution in [0.4, 0.5) is 0 Å². The Morgan fingerprint density at radius 2 is 2.06 bits per heavy atom. The SMILES string of the molecule is COc1cc(Br)c(CNC2CCSC2)cc1OC. The van der Waals surface area contributed by atoms with Gasteiger partial charge in [-0.25, -0.2) is 0 Å². The zero-order valence-corrected chi connectivity index (χ0v) is 13.1. The number of rotatable bonds is 5. The molecule has 1 aliphatic heterocycles. The molecule has 1 unspecified atom stereocenters. The predicted molar refractivity (Wildman–Crippen MR) is 79.8 cm³/mol. The molecule has 1 aliphatic rings. The molecule has 1 atom stereocenters. The summed E-state index contributed by atoms with van der Waals surface area (Å²) < 4.78 is 11.7. The summed E-state index contributed by atoms with van der Waals surface area (Å²) in [6.45, 7) is 0.853. The zero-order valence-electron chi connectivity index (χ0n) is 10.7. The van der Waals surface area contributed by atoms with E-state index in [4.69, 9.17) is 9.47 Å². The summed E-state index contributed by atoms with van der Waals surface area (Å²) in [6, 6.07) is 4.62. The zero-order chi connectivity index (χ0) is 13.0. The third kappa shape index (κ3) is 3.33. The molecule has 1 fully saturated rings. The van der Waals surface area contributed by atoms with Crippen LogP contribution < -0.4 is 14.8 Å². The fourth-order valence-corrected chi connectivity index (χ4v) is 3.63. The molecule has 1 saturated heterocycles. The van der Waals surface area contributed by atoms with Gasteiger partial charge in [-0.1, -0.05) is 15.9 Å². The van der Waals surface area contributed by atoms with Crippen molar-refractivity contribution in [3.63, 3.8) is 0 Å². The highest BCUT2D eigenvalue weighted by Crippen LogP contribution is 2.33. The molecular weight excluding hydrogens is 314 g/mol. The molecule has 0 amide bonds. The molecular formula is C13H18BrNO2S. The monoisotopic (exact) mass is 331 g/mol. The molecule has 0 radical (unpaired) electrons. The van der Waals surface area contributed by atoms with Crippen molar-refractivity contribution in [1.82, 2.24) is 5.32 Å². The Morgan fingerprint density at radius 1 is 1.33 bits per heavy atom. The lowest BCUT2D eigenvalue weighted by Crippen LogP contribution is -2.28. The molecule has 100 valence electrons. The minimum absolute atomic E-state index is 0.634. The van der Waals surface area contributed by atoms with Crippen molar-refractivity contribution in [2.45, 2.75) is 19.0 Å². The van der Waals surface area contributed by atoms with Crippen LogP contribution in [-0.4, -0.2) is 31.8 Å². The first-order valence-electron chi connectivity index (χ1n) is 5.96. The molecule has 1 aromatic carbocycles. The smallest absolute Gasteiger partial charge is 0.161 e. The molecule has 0 aromatic heterocycles. The van der Waals surface area contributed by atoms with Gasteiger partial charge < -0.3 is 14.8 Å². The van der Waals surface area contributed by atoms with Crippen LogP contribution in [0.15, 0.2) is 16.6 Å². The molecule has 0 aliphatic carbocycles. The molecule has 0 bridgehead atoms. The molecule has 5 heteroatoms. The molecule has 0 spiro atoms. The minimum Gasteiger partial charge on any atom is -0.493 e. The van der Waals surface area contributed by atoms with Gasteiger partial charge in [0.2, 0.25) is 0 Å². The summed E-state index contributed by atoms with van der Waals surface area (Å²) in [5.74, 6) is 4.01. The molecule has 1 N–H and O–H groups in total. The van der Waals surface area contributed by atoms with Crippen molar-refractivity contribution in [1.29, 1.82) is 0 Å². The fraction of sp³-hybridized carbons (Fsp3) is 0.538. The maximum Gasteiger partial charge on any atom is 0.161 e. The van der Waals surface area contributed by atoms with Crippen LogP contribution in [0.1, 0.15) is 12.0 Å². The number of hydrogen-bond acceptors (Lipinski definition) is 4. The van der Waals surface area contributed by atoms with Crippen LogP contribution >= 0.6 is 27.7 Å². The first kappa shape index (κ1) is 14.0. The van der Waals surface area contributed by atoms with E-state index in [0.29, 0.717) is 6.04 Å². The lowest BCUT2D eigenvalue weighted by atomic mass is 10.1. The van der Waals surface area contributed by atoms with Gasteiger partial charge in [0.05, 0.1) is 14.2 Å². The Balaban J connectivity index is 2.06. The van der Waals surface area contributed by atoms with Gasteiger partial charge in [0.15, 0.2) is 11.5 Å². The predicted octanol–water partition coefficient (Wildman–Crippen LogP) is 3.06. The van der Waals surface area contributed by atoms with Crippen molar-refractivity contribution in [2.75, 3.05) is 25.7 Å². The van der Waals surface area contributed by atoms with Crippen molar-refractivity contribution in [3.05, 3.63) is 22.2 Å². The minimum atomic E-state index is 0.634. The number of thioether (sulfide) groups is 1. The second-order valence-electron chi connectivity index (χ2n) is 4.24. The van der Waals surface area contributed by atoms with E-state index in [-0.39, 0.29) is 0 Å². The van der Waals surface area contributed by atoms with Crippen molar-refractivity contribution < 1.29 is 9.47 Å².